The third-order valence-corrected chi connectivity index (χ3v) is 3.13. The summed E-state index contributed by atoms with van der Waals surface area (Å²) in [4.78, 5) is 4.65. The van der Waals surface area contributed by atoms with Crippen molar-refractivity contribution >= 4 is 5.82 Å². The minimum absolute atomic E-state index is 0.351. The number of anilines is 1. The van der Waals surface area contributed by atoms with E-state index in [1.54, 1.807) is 0 Å². The van der Waals surface area contributed by atoms with Gasteiger partial charge in [0.1, 0.15) is 23.1 Å². The van der Waals surface area contributed by atoms with E-state index < -0.39 is 0 Å². The average molecular weight is 259 g/mol. The van der Waals surface area contributed by atoms with Gasteiger partial charge >= 0.3 is 0 Å². The van der Waals surface area contributed by atoms with Gasteiger partial charge in [-0.1, -0.05) is 13.8 Å². The lowest BCUT2D eigenvalue weighted by molar-refractivity contribution is 0.340. The summed E-state index contributed by atoms with van der Waals surface area (Å²) in [6, 6.07) is 7.88. The largest absolute Gasteiger partial charge is 0.494 e. The van der Waals surface area contributed by atoms with Gasteiger partial charge in [0.05, 0.1) is 6.61 Å². The third kappa shape index (κ3) is 2.57. The Bertz CT molecular complexity index is 556. The van der Waals surface area contributed by atoms with Gasteiger partial charge in [-0.25, -0.2) is 4.98 Å². The highest BCUT2D eigenvalue weighted by Gasteiger charge is 2.15. The van der Waals surface area contributed by atoms with Crippen LogP contribution < -0.4 is 10.5 Å². The number of benzene rings is 1. The van der Waals surface area contributed by atoms with Crippen LogP contribution in [0.5, 0.6) is 5.75 Å². The number of rotatable bonds is 4. The van der Waals surface area contributed by atoms with Crippen LogP contribution in [0.2, 0.25) is 0 Å². The number of hydrogen-bond donors (Lipinski definition) is 1. The molecule has 0 spiro atoms. The van der Waals surface area contributed by atoms with Crippen molar-refractivity contribution in [2.24, 2.45) is 7.05 Å². The molecule has 1 aromatic carbocycles. The number of imidazole rings is 1. The molecule has 102 valence electrons. The van der Waals surface area contributed by atoms with Gasteiger partial charge in [0.15, 0.2) is 0 Å². The fourth-order valence-corrected chi connectivity index (χ4v) is 2.13. The lowest BCUT2D eigenvalue weighted by Gasteiger charge is -2.05. The number of nitrogens with two attached hydrogens (primary N) is 1. The van der Waals surface area contributed by atoms with Gasteiger partial charge in [0.25, 0.3) is 0 Å². The van der Waals surface area contributed by atoms with Crippen molar-refractivity contribution in [3.8, 4) is 17.0 Å². The molecule has 0 amide bonds. The first-order valence-electron chi connectivity index (χ1n) is 6.59. The highest BCUT2D eigenvalue weighted by molar-refractivity contribution is 5.71. The predicted octanol–water partition coefficient (Wildman–Crippen LogP) is 3.19. The van der Waals surface area contributed by atoms with Crippen molar-refractivity contribution in [2.75, 3.05) is 12.3 Å². The minimum atomic E-state index is 0.351. The number of hydrogen-bond acceptors (Lipinski definition) is 3. The quantitative estimate of drug-likeness (QED) is 0.917. The maximum Gasteiger partial charge on any atom is 0.131 e. The van der Waals surface area contributed by atoms with Crippen LogP contribution in [-0.2, 0) is 7.05 Å². The lowest BCUT2D eigenvalue weighted by Crippen LogP contribution is -2.02. The molecule has 2 rings (SSSR count). The Morgan fingerprint density at radius 1 is 1.26 bits per heavy atom. The molecule has 1 heterocycles. The molecule has 0 fully saturated rings. The molecule has 0 unspecified atom stereocenters. The molecule has 0 aliphatic heterocycles. The molecule has 0 atom stereocenters. The third-order valence-electron chi connectivity index (χ3n) is 3.13. The number of aromatic nitrogens is 2. The SMILES string of the molecule is CCOc1ccc(-c2nc(C(C)C)n(C)c2N)cc1. The Labute approximate surface area is 114 Å². The molecule has 2 aromatic rings. The highest BCUT2D eigenvalue weighted by atomic mass is 16.5. The molecule has 1 aromatic heterocycles. The molecule has 4 heteroatoms. The van der Waals surface area contributed by atoms with Gasteiger partial charge in [-0.05, 0) is 31.2 Å². The number of ether oxygens (including phenoxy) is 1. The van der Waals surface area contributed by atoms with Crippen molar-refractivity contribution in [1.29, 1.82) is 0 Å². The monoisotopic (exact) mass is 259 g/mol. The van der Waals surface area contributed by atoms with Gasteiger partial charge in [-0.2, -0.15) is 0 Å². The first kappa shape index (κ1) is 13.5. The molecule has 0 saturated carbocycles. The Kier molecular flexibility index (Phi) is 3.79. The van der Waals surface area contributed by atoms with E-state index in [0.29, 0.717) is 18.3 Å². The van der Waals surface area contributed by atoms with Crippen LogP contribution in [-0.4, -0.2) is 16.2 Å². The van der Waals surface area contributed by atoms with E-state index in [1.807, 2.05) is 42.8 Å². The van der Waals surface area contributed by atoms with E-state index in [2.05, 4.69) is 18.8 Å². The second-order valence-corrected chi connectivity index (χ2v) is 4.87. The molecular weight excluding hydrogens is 238 g/mol. The van der Waals surface area contributed by atoms with Gasteiger partial charge < -0.3 is 15.0 Å². The van der Waals surface area contributed by atoms with E-state index in [1.165, 1.54) is 0 Å². The molecule has 19 heavy (non-hydrogen) atoms. The topological polar surface area (TPSA) is 53.1 Å². The fourth-order valence-electron chi connectivity index (χ4n) is 2.13. The van der Waals surface area contributed by atoms with Crippen molar-refractivity contribution < 1.29 is 4.74 Å². The van der Waals surface area contributed by atoms with Crippen LogP contribution >= 0.6 is 0 Å². The lowest BCUT2D eigenvalue weighted by atomic mass is 10.1. The molecule has 0 bridgehead atoms. The van der Waals surface area contributed by atoms with Crippen LogP contribution in [0, 0.1) is 0 Å². The Balaban J connectivity index is 2.39. The molecule has 4 nitrogen and oxygen atoms in total. The van der Waals surface area contributed by atoms with Gasteiger partial charge in [-0.3, -0.25) is 0 Å². The second-order valence-electron chi connectivity index (χ2n) is 4.87. The summed E-state index contributed by atoms with van der Waals surface area (Å²) in [5.74, 6) is 2.92. The first-order valence-corrected chi connectivity index (χ1v) is 6.59. The average Bonchev–Trinajstić information content (AvgIpc) is 2.68. The van der Waals surface area contributed by atoms with Crippen LogP contribution in [0.25, 0.3) is 11.3 Å². The van der Waals surface area contributed by atoms with E-state index in [9.17, 15) is 0 Å². The smallest absolute Gasteiger partial charge is 0.131 e. The normalized spacial score (nSPS) is 11.0. The molecule has 2 N–H and O–H groups in total. The van der Waals surface area contributed by atoms with E-state index in [0.717, 1.165) is 22.8 Å². The predicted molar refractivity (Wildman–Crippen MR) is 78.3 cm³/mol. The summed E-state index contributed by atoms with van der Waals surface area (Å²) in [6.45, 7) is 6.87. The van der Waals surface area contributed by atoms with Crippen LogP contribution in [0.15, 0.2) is 24.3 Å². The van der Waals surface area contributed by atoms with E-state index in [4.69, 9.17) is 10.5 Å². The van der Waals surface area contributed by atoms with E-state index in [-0.39, 0.29) is 0 Å². The summed E-state index contributed by atoms with van der Waals surface area (Å²) < 4.78 is 7.39. The first-order chi connectivity index (χ1) is 9.04. The Morgan fingerprint density at radius 3 is 2.37 bits per heavy atom. The summed E-state index contributed by atoms with van der Waals surface area (Å²) in [5.41, 5.74) is 8.00. The summed E-state index contributed by atoms with van der Waals surface area (Å²) in [6.07, 6.45) is 0. The molecule has 0 saturated heterocycles. The van der Waals surface area contributed by atoms with Crippen molar-refractivity contribution in [3.63, 3.8) is 0 Å². The standard InChI is InChI=1S/C15H21N3O/c1-5-19-12-8-6-11(7-9-12)13-14(16)18(4)15(17-13)10(2)3/h6-10H,5,16H2,1-4H3. The van der Waals surface area contributed by atoms with Crippen LogP contribution in [0.3, 0.4) is 0 Å². The number of nitrogen functional groups attached to an aromatic ring is 1. The maximum absolute atomic E-state index is 6.14. The fraction of sp³-hybridized carbons (Fsp3) is 0.400. The highest BCUT2D eigenvalue weighted by Crippen LogP contribution is 2.29. The minimum Gasteiger partial charge on any atom is -0.494 e. The van der Waals surface area contributed by atoms with Crippen molar-refractivity contribution in [1.82, 2.24) is 9.55 Å². The van der Waals surface area contributed by atoms with Gasteiger partial charge in [0.2, 0.25) is 0 Å². The van der Waals surface area contributed by atoms with E-state index >= 15 is 0 Å². The van der Waals surface area contributed by atoms with Crippen molar-refractivity contribution in [3.05, 3.63) is 30.1 Å². The Hall–Kier alpha value is -1.97. The molecular formula is C15H21N3O. The summed E-state index contributed by atoms with van der Waals surface area (Å²) in [7, 11) is 1.95. The zero-order chi connectivity index (χ0) is 14.0. The zero-order valence-electron chi connectivity index (χ0n) is 12.0. The summed E-state index contributed by atoms with van der Waals surface area (Å²) in [5, 5.41) is 0. The zero-order valence-corrected chi connectivity index (χ0v) is 12.0. The number of nitrogens with zero attached hydrogens (tertiary/aromatic N) is 2. The second kappa shape index (κ2) is 5.34. The van der Waals surface area contributed by atoms with Gasteiger partial charge in [-0.15, -0.1) is 0 Å². The summed E-state index contributed by atoms with van der Waals surface area (Å²) >= 11 is 0. The molecule has 0 aliphatic rings. The maximum atomic E-state index is 6.14. The Morgan fingerprint density at radius 2 is 1.89 bits per heavy atom. The van der Waals surface area contributed by atoms with Crippen LogP contribution in [0.4, 0.5) is 5.82 Å². The molecule has 0 aliphatic carbocycles. The molecule has 0 radical (unpaired) electrons. The van der Waals surface area contributed by atoms with Gasteiger partial charge in [0, 0.05) is 18.5 Å². The van der Waals surface area contributed by atoms with Crippen molar-refractivity contribution in [2.45, 2.75) is 26.7 Å². The van der Waals surface area contributed by atoms with Crippen LogP contribution in [0.1, 0.15) is 32.5 Å².